The van der Waals surface area contributed by atoms with Crippen LogP contribution in [0.4, 0.5) is 4.79 Å². The fraction of sp³-hybridized carbons (Fsp3) is 0.929. The molecule has 2 unspecified atom stereocenters. The Morgan fingerprint density at radius 2 is 1.21 bits per heavy atom. The molecule has 0 amide bonds. The molecule has 0 fully saturated rings. The molecule has 0 bridgehead atoms. The fourth-order valence-corrected chi connectivity index (χ4v) is 3.99. The van der Waals surface area contributed by atoms with E-state index in [0.29, 0.717) is 6.61 Å². The van der Waals surface area contributed by atoms with Crippen molar-refractivity contribution < 1.29 is 23.8 Å². The summed E-state index contributed by atoms with van der Waals surface area (Å²) < 4.78 is 16.0. The van der Waals surface area contributed by atoms with Crippen LogP contribution < -0.4 is 0 Å². The lowest BCUT2D eigenvalue weighted by Crippen LogP contribution is -2.25. The van der Waals surface area contributed by atoms with Gasteiger partial charge in [0.25, 0.3) is 0 Å². The van der Waals surface area contributed by atoms with Crippen molar-refractivity contribution in [2.75, 3.05) is 39.5 Å². The van der Waals surface area contributed by atoms with Gasteiger partial charge in [0.05, 0.1) is 19.1 Å². The van der Waals surface area contributed by atoms with Crippen molar-refractivity contribution in [3.8, 4) is 0 Å². The molecule has 0 spiro atoms. The van der Waals surface area contributed by atoms with Gasteiger partial charge in [0.1, 0.15) is 6.61 Å². The maximum absolute atomic E-state index is 12.7. The molecule has 34 heavy (non-hydrogen) atoms. The second kappa shape index (κ2) is 23.4. The van der Waals surface area contributed by atoms with Crippen molar-refractivity contribution >= 4 is 12.1 Å². The number of unbranched alkanes of at least 4 members (excludes halogenated alkanes) is 8. The van der Waals surface area contributed by atoms with E-state index in [1.807, 2.05) is 6.92 Å². The Morgan fingerprint density at radius 1 is 0.676 bits per heavy atom. The van der Waals surface area contributed by atoms with Crippen molar-refractivity contribution in [1.82, 2.24) is 4.90 Å². The molecule has 6 heteroatoms. The molecule has 0 saturated carbocycles. The molecule has 0 aromatic heterocycles. The standard InChI is InChI=1S/C28H55NO5/c1-6-10-12-14-15-17-20-26(19-16-13-11-7-2)27(30)33-23-25(5)24-34-28(31)32-22-18-21-29(8-3)9-4/h25-26H,6-24H2,1-5H3. The van der Waals surface area contributed by atoms with E-state index < -0.39 is 6.16 Å². The van der Waals surface area contributed by atoms with Crippen molar-refractivity contribution in [1.29, 1.82) is 0 Å². The van der Waals surface area contributed by atoms with Gasteiger partial charge in [-0.25, -0.2) is 4.79 Å². The summed E-state index contributed by atoms with van der Waals surface area (Å²) in [6.45, 7) is 14.3. The minimum absolute atomic E-state index is 0.00748. The SMILES string of the molecule is CCCCCCCCC(CCCCCC)C(=O)OCC(C)COC(=O)OCCCN(CC)CC. The zero-order chi connectivity index (χ0) is 25.4. The van der Waals surface area contributed by atoms with E-state index in [0.717, 1.165) is 51.7 Å². The van der Waals surface area contributed by atoms with Gasteiger partial charge in [-0.2, -0.15) is 0 Å². The summed E-state index contributed by atoms with van der Waals surface area (Å²) in [4.78, 5) is 26.8. The van der Waals surface area contributed by atoms with E-state index in [1.54, 1.807) is 0 Å². The predicted molar refractivity (Wildman–Crippen MR) is 140 cm³/mol. The van der Waals surface area contributed by atoms with Crippen LogP contribution in [0.15, 0.2) is 0 Å². The number of rotatable bonds is 23. The number of esters is 1. The minimum atomic E-state index is -0.644. The van der Waals surface area contributed by atoms with Crippen LogP contribution in [0, 0.1) is 11.8 Å². The summed E-state index contributed by atoms with van der Waals surface area (Å²) in [6, 6.07) is 0. The third-order valence-corrected chi connectivity index (χ3v) is 6.37. The number of carbonyl (C=O) groups excluding carboxylic acids is 2. The average Bonchev–Trinajstić information content (AvgIpc) is 2.84. The van der Waals surface area contributed by atoms with Gasteiger partial charge in [-0.1, -0.05) is 98.8 Å². The first-order valence-corrected chi connectivity index (χ1v) is 14.2. The van der Waals surface area contributed by atoms with E-state index in [-0.39, 0.29) is 31.0 Å². The molecule has 0 aliphatic rings. The number of nitrogens with zero attached hydrogens (tertiary/aromatic N) is 1. The summed E-state index contributed by atoms with van der Waals surface area (Å²) in [6.07, 6.45) is 14.0. The fourth-order valence-electron chi connectivity index (χ4n) is 3.99. The Hall–Kier alpha value is -1.30. The second-order valence-electron chi connectivity index (χ2n) is 9.63. The highest BCUT2D eigenvalue weighted by molar-refractivity contribution is 5.72. The molecule has 6 nitrogen and oxygen atoms in total. The molecule has 0 aromatic rings. The monoisotopic (exact) mass is 485 g/mol. The van der Waals surface area contributed by atoms with Crippen LogP contribution >= 0.6 is 0 Å². The van der Waals surface area contributed by atoms with E-state index >= 15 is 0 Å². The topological polar surface area (TPSA) is 65.1 Å². The van der Waals surface area contributed by atoms with Crippen molar-refractivity contribution in [3.05, 3.63) is 0 Å². The van der Waals surface area contributed by atoms with Crippen molar-refractivity contribution in [2.24, 2.45) is 11.8 Å². The Morgan fingerprint density at radius 3 is 1.79 bits per heavy atom. The van der Waals surface area contributed by atoms with Gasteiger partial charge in [0, 0.05) is 12.5 Å². The first-order chi connectivity index (χ1) is 16.5. The largest absolute Gasteiger partial charge is 0.508 e. The highest BCUT2D eigenvalue weighted by Crippen LogP contribution is 2.21. The number of hydrogen-bond donors (Lipinski definition) is 0. The summed E-state index contributed by atoms with van der Waals surface area (Å²) in [5.74, 6) is -0.148. The van der Waals surface area contributed by atoms with Crippen LogP contribution in [0.3, 0.4) is 0 Å². The Bertz CT molecular complexity index is 481. The molecule has 0 radical (unpaired) electrons. The van der Waals surface area contributed by atoms with Crippen LogP contribution in [0.25, 0.3) is 0 Å². The van der Waals surface area contributed by atoms with Crippen LogP contribution in [0.1, 0.15) is 118 Å². The lowest BCUT2D eigenvalue weighted by atomic mass is 9.94. The smallest absolute Gasteiger partial charge is 0.465 e. The van der Waals surface area contributed by atoms with Gasteiger partial charge < -0.3 is 19.1 Å². The van der Waals surface area contributed by atoms with Crippen molar-refractivity contribution in [3.63, 3.8) is 0 Å². The van der Waals surface area contributed by atoms with Gasteiger partial charge in [-0.05, 0) is 32.4 Å². The normalized spacial score (nSPS) is 13.0. The quantitative estimate of drug-likeness (QED) is 0.111. The summed E-state index contributed by atoms with van der Waals surface area (Å²) in [5, 5.41) is 0. The molecular formula is C28H55NO5. The highest BCUT2D eigenvalue weighted by atomic mass is 16.7. The third-order valence-electron chi connectivity index (χ3n) is 6.37. The Labute approximate surface area is 210 Å². The van der Waals surface area contributed by atoms with Gasteiger partial charge in [-0.3, -0.25) is 4.79 Å². The molecule has 0 aliphatic heterocycles. The zero-order valence-electron chi connectivity index (χ0n) is 23.1. The summed E-state index contributed by atoms with van der Waals surface area (Å²) >= 11 is 0. The van der Waals surface area contributed by atoms with Gasteiger partial charge in [0.15, 0.2) is 0 Å². The molecule has 0 heterocycles. The molecule has 0 aromatic carbocycles. The average molecular weight is 486 g/mol. The van der Waals surface area contributed by atoms with Gasteiger partial charge in [0.2, 0.25) is 0 Å². The summed E-state index contributed by atoms with van der Waals surface area (Å²) in [5.41, 5.74) is 0. The highest BCUT2D eigenvalue weighted by Gasteiger charge is 2.20. The minimum Gasteiger partial charge on any atom is -0.465 e. The van der Waals surface area contributed by atoms with Crippen molar-refractivity contribution in [2.45, 2.75) is 118 Å². The molecular weight excluding hydrogens is 430 g/mol. The van der Waals surface area contributed by atoms with Crippen LogP contribution in [0.5, 0.6) is 0 Å². The number of ether oxygens (including phenoxy) is 3. The third kappa shape index (κ3) is 19.1. The second-order valence-corrected chi connectivity index (χ2v) is 9.63. The van der Waals surface area contributed by atoms with E-state index in [1.165, 1.54) is 51.4 Å². The molecule has 2 atom stereocenters. The molecule has 0 saturated heterocycles. The number of carbonyl (C=O) groups is 2. The van der Waals surface area contributed by atoms with Crippen LogP contribution in [0.2, 0.25) is 0 Å². The maximum Gasteiger partial charge on any atom is 0.508 e. The molecule has 0 N–H and O–H groups in total. The Kier molecular flexibility index (Phi) is 22.5. The van der Waals surface area contributed by atoms with E-state index in [2.05, 4.69) is 32.6 Å². The number of hydrogen-bond acceptors (Lipinski definition) is 6. The van der Waals surface area contributed by atoms with Crippen LogP contribution in [-0.4, -0.2) is 56.5 Å². The first kappa shape index (κ1) is 32.7. The van der Waals surface area contributed by atoms with Crippen LogP contribution in [-0.2, 0) is 19.0 Å². The van der Waals surface area contributed by atoms with E-state index in [4.69, 9.17) is 14.2 Å². The van der Waals surface area contributed by atoms with Gasteiger partial charge >= 0.3 is 12.1 Å². The summed E-state index contributed by atoms with van der Waals surface area (Å²) in [7, 11) is 0. The Balaban J connectivity index is 4.18. The predicted octanol–water partition coefficient (Wildman–Crippen LogP) is 7.39. The lowest BCUT2D eigenvalue weighted by molar-refractivity contribution is -0.150. The molecule has 0 rings (SSSR count). The maximum atomic E-state index is 12.7. The first-order valence-electron chi connectivity index (χ1n) is 14.2. The molecule has 202 valence electrons. The van der Waals surface area contributed by atoms with Gasteiger partial charge in [-0.15, -0.1) is 0 Å². The molecule has 0 aliphatic carbocycles. The lowest BCUT2D eigenvalue weighted by Gasteiger charge is -2.18. The van der Waals surface area contributed by atoms with E-state index in [9.17, 15) is 9.59 Å². The zero-order valence-corrected chi connectivity index (χ0v) is 23.1.